The summed E-state index contributed by atoms with van der Waals surface area (Å²) in [5.41, 5.74) is 1.99. The number of ketones is 1. The van der Waals surface area contributed by atoms with Crippen LogP contribution >= 0.6 is 11.3 Å². The first-order chi connectivity index (χ1) is 14.9. The molecule has 2 aliphatic rings. The van der Waals surface area contributed by atoms with Gasteiger partial charge in [-0.05, 0) is 49.2 Å². The molecule has 2 aliphatic heterocycles. The first-order valence-electron chi connectivity index (χ1n) is 9.75. The summed E-state index contributed by atoms with van der Waals surface area (Å²) in [4.78, 5) is 31.5. The van der Waals surface area contributed by atoms with Crippen molar-refractivity contribution >= 4 is 33.9 Å². The number of carbonyl (C=O) groups excluding carboxylic acids is 2. The average molecular weight is 434 g/mol. The summed E-state index contributed by atoms with van der Waals surface area (Å²) in [6, 6.07) is 7.89. The summed E-state index contributed by atoms with van der Waals surface area (Å²) in [7, 11) is 0. The fourth-order valence-corrected chi connectivity index (χ4v) is 4.71. The molecule has 3 aromatic rings. The monoisotopic (exact) mass is 434 g/mol. The Bertz CT molecular complexity index is 1240. The number of fused-ring (bicyclic) bond motifs is 1. The molecular weight excluding hydrogens is 416 g/mol. The lowest BCUT2D eigenvalue weighted by molar-refractivity contribution is -0.132. The Kier molecular flexibility index (Phi) is 4.55. The van der Waals surface area contributed by atoms with Gasteiger partial charge in [-0.2, -0.15) is 0 Å². The first-order valence-corrected chi connectivity index (χ1v) is 10.6. The van der Waals surface area contributed by atoms with Crippen molar-refractivity contribution in [3.63, 3.8) is 0 Å². The third-order valence-corrected chi connectivity index (χ3v) is 6.17. The number of benzene rings is 1. The third kappa shape index (κ3) is 3.17. The van der Waals surface area contributed by atoms with E-state index in [0.717, 1.165) is 11.3 Å². The van der Waals surface area contributed by atoms with Crippen LogP contribution in [0.25, 0.3) is 5.76 Å². The number of aryl methyl sites for hydroxylation is 1. The standard InChI is InChI=1S/C22H18N4O4S/c1-11-8-15-9-13(5-6-16(15)30-11)19(27)17-18(14-4-3-7-23-10-14)26(21(29)20(17)28)22-25-24-12(2)31-22/h3-7,9-11,18,27H,8H2,1-2H3/t11-,18-/m0/s1. The molecule has 156 valence electrons. The van der Waals surface area contributed by atoms with Crippen LogP contribution in [0.4, 0.5) is 5.13 Å². The zero-order valence-corrected chi connectivity index (χ0v) is 17.6. The Morgan fingerprint density at radius 2 is 2.10 bits per heavy atom. The van der Waals surface area contributed by atoms with E-state index in [1.165, 1.54) is 16.2 Å². The molecule has 1 fully saturated rings. The number of aliphatic hydroxyl groups is 1. The van der Waals surface area contributed by atoms with Crippen molar-refractivity contribution < 1.29 is 19.4 Å². The molecule has 1 amide bonds. The Morgan fingerprint density at radius 1 is 1.26 bits per heavy atom. The fraction of sp³-hybridized carbons (Fsp3) is 0.227. The van der Waals surface area contributed by atoms with E-state index in [2.05, 4.69) is 15.2 Å². The Balaban J connectivity index is 1.68. The van der Waals surface area contributed by atoms with Crippen LogP contribution in [0, 0.1) is 6.92 Å². The minimum absolute atomic E-state index is 0.00207. The average Bonchev–Trinajstić information content (AvgIpc) is 3.43. The maximum Gasteiger partial charge on any atom is 0.301 e. The van der Waals surface area contributed by atoms with Crippen molar-refractivity contribution in [2.24, 2.45) is 0 Å². The molecule has 0 bridgehead atoms. The van der Waals surface area contributed by atoms with Gasteiger partial charge in [0, 0.05) is 24.4 Å². The Labute approximate surface area is 181 Å². The number of hydrogen-bond donors (Lipinski definition) is 1. The number of anilines is 1. The minimum atomic E-state index is -0.857. The lowest BCUT2D eigenvalue weighted by Crippen LogP contribution is -2.29. The number of rotatable bonds is 3. The molecule has 31 heavy (non-hydrogen) atoms. The highest BCUT2D eigenvalue weighted by Crippen LogP contribution is 2.43. The van der Waals surface area contributed by atoms with Crippen molar-refractivity contribution in [1.82, 2.24) is 15.2 Å². The maximum absolute atomic E-state index is 13.1. The molecule has 2 atom stereocenters. The molecule has 4 heterocycles. The number of carbonyl (C=O) groups is 2. The second-order valence-corrected chi connectivity index (χ2v) is 8.67. The highest BCUT2D eigenvalue weighted by atomic mass is 32.1. The summed E-state index contributed by atoms with van der Waals surface area (Å²) in [5.74, 6) is -1.01. The molecule has 9 heteroatoms. The summed E-state index contributed by atoms with van der Waals surface area (Å²) in [6.45, 7) is 3.74. The van der Waals surface area contributed by atoms with Crippen LogP contribution in [0.15, 0.2) is 48.3 Å². The SMILES string of the molecule is Cc1nnc(N2C(=O)C(=O)C(=C(O)c3ccc4c(c3)C[C@H](C)O4)[C@@H]2c2cccnc2)s1. The first kappa shape index (κ1) is 19.4. The molecule has 1 N–H and O–H groups in total. The van der Waals surface area contributed by atoms with Gasteiger partial charge < -0.3 is 9.84 Å². The quantitative estimate of drug-likeness (QED) is 0.383. The van der Waals surface area contributed by atoms with Gasteiger partial charge >= 0.3 is 5.91 Å². The van der Waals surface area contributed by atoms with Gasteiger partial charge in [-0.15, -0.1) is 10.2 Å². The topological polar surface area (TPSA) is 106 Å². The second kappa shape index (κ2) is 7.28. The van der Waals surface area contributed by atoms with Gasteiger partial charge in [0.15, 0.2) is 0 Å². The lowest BCUT2D eigenvalue weighted by Gasteiger charge is -2.22. The molecule has 0 radical (unpaired) electrons. The third-order valence-electron chi connectivity index (χ3n) is 5.34. The van der Waals surface area contributed by atoms with Crippen LogP contribution in [0.1, 0.15) is 34.7 Å². The fourth-order valence-electron chi connectivity index (χ4n) is 3.99. The molecule has 0 saturated carbocycles. The Hall–Kier alpha value is -3.59. The maximum atomic E-state index is 13.1. The van der Waals surface area contributed by atoms with Crippen molar-refractivity contribution in [2.45, 2.75) is 32.4 Å². The largest absolute Gasteiger partial charge is 0.507 e. The van der Waals surface area contributed by atoms with Crippen LogP contribution in [0.5, 0.6) is 5.75 Å². The molecule has 0 aliphatic carbocycles. The molecule has 0 spiro atoms. The molecule has 0 unspecified atom stereocenters. The van der Waals surface area contributed by atoms with Crippen LogP contribution in [0.2, 0.25) is 0 Å². The van der Waals surface area contributed by atoms with E-state index in [9.17, 15) is 14.7 Å². The van der Waals surface area contributed by atoms with Crippen LogP contribution < -0.4 is 9.64 Å². The predicted molar refractivity (Wildman–Crippen MR) is 114 cm³/mol. The van der Waals surface area contributed by atoms with Gasteiger partial charge in [0.05, 0.1) is 11.6 Å². The predicted octanol–water partition coefficient (Wildman–Crippen LogP) is 3.19. The Morgan fingerprint density at radius 3 is 2.81 bits per heavy atom. The van der Waals surface area contributed by atoms with E-state index in [1.807, 2.05) is 6.92 Å². The second-order valence-electron chi connectivity index (χ2n) is 7.51. The van der Waals surface area contributed by atoms with Crippen molar-refractivity contribution in [1.29, 1.82) is 0 Å². The number of nitrogens with zero attached hydrogens (tertiary/aromatic N) is 4. The van der Waals surface area contributed by atoms with Crippen LogP contribution in [-0.4, -0.2) is 38.1 Å². The molecule has 5 rings (SSSR count). The highest BCUT2D eigenvalue weighted by Gasteiger charge is 2.48. The number of ether oxygens (including phenoxy) is 1. The summed E-state index contributed by atoms with van der Waals surface area (Å²) in [6.07, 6.45) is 3.94. The van der Waals surface area contributed by atoms with Gasteiger partial charge in [-0.3, -0.25) is 19.5 Å². The molecule has 1 aromatic carbocycles. The number of aromatic nitrogens is 3. The van der Waals surface area contributed by atoms with Crippen molar-refractivity contribution in [3.8, 4) is 5.75 Å². The summed E-state index contributed by atoms with van der Waals surface area (Å²) >= 11 is 1.20. The van der Waals surface area contributed by atoms with E-state index in [4.69, 9.17) is 4.74 Å². The summed E-state index contributed by atoms with van der Waals surface area (Å²) < 4.78 is 5.72. The number of Topliss-reactive ketones (excluding diaryl/α,β-unsaturated/α-hetero) is 1. The van der Waals surface area contributed by atoms with Gasteiger partial charge in [-0.25, -0.2) is 0 Å². The zero-order chi connectivity index (χ0) is 21.7. The summed E-state index contributed by atoms with van der Waals surface area (Å²) in [5, 5.41) is 20.2. The van der Waals surface area contributed by atoms with E-state index < -0.39 is 17.7 Å². The number of hydrogen-bond acceptors (Lipinski definition) is 8. The molecule has 2 aromatic heterocycles. The van der Waals surface area contributed by atoms with Gasteiger partial charge in [0.1, 0.15) is 22.6 Å². The lowest BCUT2D eigenvalue weighted by atomic mass is 9.95. The van der Waals surface area contributed by atoms with Crippen LogP contribution in [0.3, 0.4) is 0 Å². The van der Waals surface area contributed by atoms with Gasteiger partial charge in [-0.1, -0.05) is 17.4 Å². The van der Waals surface area contributed by atoms with Gasteiger partial charge in [0.25, 0.3) is 5.78 Å². The molecule has 1 saturated heterocycles. The smallest absolute Gasteiger partial charge is 0.301 e. The van der Waals surface area contributed by atoms with E-state index >= 15 is 0 Å². The van der Waals surface area contributed by atoms with E-state index in [-0.39, 0.29) is 17.4 Å². The normalized spacial score (nSPS) is 21.9. The highest BCUT2D eigenvalue weighted by molar-refractivity contribution is 7.15. The van der Waals surface area contributed by atoms with Crippen LogP contribution in [-0.2, 0) is 16.0 Å². The number of amides is 1. The number of pyridine rings is 1. The minimum Gasteiger partial charge on any atom is -0.507 e. The van der Waals surface area contributed by atoms with Gasteiger partial charge in [0.2, 0.25) is 5.13 Å². The molecule has 8 nitrogen and oxygen atoms in total. The zero-order valence-electron chi connectivity index (χ0n) is 16.8. The van der Waals surface area contributed by atoms with E-state index in [0.29, 0.717) is 27.7 Å². The number of aliphatic hydroxyl groups excluding tert-OH is 1. The molecular formula is C22H18N4O4S. The van der Waals surface area contributed by atoms with E-state index in [1.54, 1.807) is 49.6 Å². The van der Waals surface area contributed by atoms with Crippen molar-refractivity contribution in [3.05, 3.63) is 70.0 Å². The van der Waals surface area contributed by atoms with Crippen molar-refractivity contribution in [2.75, 3.05) is 4.90 Å².